The highest BCUT2D eigenvalue weighted by atomic mass is 16.4. The van der Waals surface area contributed by atoms with Gasteiger partial charge in [0.15, 0.2) is 0 Å². The Kier molecular flexibility index (Phi) is 18.9. The highest BCUT2D eigenvalue weighted by molar-refractivity contribution is 5.66. The summed E-state index contributed by atoms with van der Waals surface area (Å²) in [5.41, 5.74) is 0. The molecule has 0 fully saturated rings. The Bertz CT molecular complexity index is 248. The first-order valence-electron chi connectivity index (χ1n) is 9.90. The first-order chi connectivity index (χ1) is 11.3. The third-order valence-corrected chi connectivity index (χ3v) is 4.20. The Labute approximate surface area is 143 Å². The number of aliphatic carboxylic acids is 1. The summed E-state index contributed by atoms with van der Waals surface area (Å²) in [5.74, 6) is -0.734. The van der Waals surface area contributed by atoms with E-state index in [1.54, 1.807) is 0 Å². The lowest BCUT2D eigenvalue weighted by Gasteiger charge is -2.06. The largest absolute Gasteiger partial charge is 0.481 e. The van der Waals surface area contributed by atoms with Gasteiger partial charge < -0.3 is 15.7 Å². The quantitative estimate of drug-likeness (QED) is 0.309. The van der Waals surface area contributed by atoms with Gasteiger partial charge in [-0.1, -0.05) is 77.6 Å². The number of nitrogens with one attached hydrogen (secondary N) is 2. The second-order valence-corrected chi connectivity index (χ2v) is 6.53. The molecule has 0 saturated carbocycles. The molecule has 138 valence electrons. The summed E-state index contributed by atoms with van der Waals surface area (Å²) in [4.78, 5) is 10.3. The molecular weight excluding hydrogens is 288 g/mol. The third-order valence-electron chi connectivity index (χ3n) is 4.20. The molecule has 0 aliphatic heterocycles. The lowest BCUT2D eigenvalue weighted by atomic mass is 10.1. The number of carboxylic acid groups (broad SMARTS) is 1. The molecule has 0 heterocycles. The van der Waals surface area contributed by atoms with Crippen LogP contribution in [0.1, 0.15) is 90.4 Å². The first kappa shape index (κ1) is 22.4. The molecule has 0 amide bonds. The van der Waals surface area contributed by atoms with Crippen molar-refractivity contribution in [2.75, 3.05) is 26.2 Å². The van der Waals surface area contributed by atoms with Gasteiger partial charge in [0.25, 0.3) is 0 Å². The van der Waals surface area contributed by atoms with Crippen LogP contribution in [-0.2, 0) is 4.79 Å². The number of hydrogen-bond acceptors (Lipinski definition) is 3. The standard InChI is InChI=1S/C19H40N2O2/c1-2-3-4-5-6-7-8-9-10-11-12-13-15-20-17-18-21-16-14-19(22)23/h20-21H,2-18H2,1H3,(H,22,23). The number of carbonyl (C=O) groups is 1. The van der Waals surface area contributed by atoms with Gasteiger partial charge in [0.2, 0.25) is 0 Å². The molecule has 4 heteroatoms. The highest BCUT2D eigenvalue weighted by Gasteiger charge is 1.95. The number of unbranched alkanes of at least 4 members (excludes halogenated alkanes) is 11. The molecule has 0 radical (unpaired) electrons. The van der Waals surface area contributed by atoms with Crippen molar-refractivity contribution in [3.63, 3.8) is 0 Å². The molecule has 23 heavy (non-hydrogen) atoms. The lowest BCUT2D eigenvalue weighted by molar-refractivity contribution is -0.136. The van der Waals surface area contributed by atoms with Crippen LogP contribution in [0.15, 0.2) is 0 Å². The topological polar surface area (TPSA) is 61.4 Å². The minimum atomic E-state index is -0.734. The summed E-state index contributed by atoms with van der Waals surface area (Å²) in [6, 6.07) is 0. The maximum Gasteiger partial charge on any atom is 0.304 e. The van der Waals surface area contributed by atoms with E-state index in [4.69, 9.17) is 5.11 Å². The zero-order valence-electron chi connectivity index (χ0n) is 15.4. The SMILES string of the molecule is CCCCCCCCCCCCCCNCCNCCC(=O)O. The van der Waals surface area contributed by atoms with Crippen molar-refractivity contribution in [3.05, 3.63) is 0 Å². The van der Waals surface area contributed by atoms with Gasteiger partial charge in [-0.15, -0.1) is 0 Å². The summed E-state index contributed by atoms with van der Waals surface area (Å²) in [6.45, 7) is 5.70. The van der Waals surface area contributed by atoms with E-state index in [-0.39, 0.29) is 6.42 Å². The summed E-state index contributed by atoms with van der Waals surface area (Å²) in [7, 11) is 0. The van der Waals surface area contributed by atoms with Crippen molar-refractivity contribution < 1.29 is 9.90 Å². The molecule has 3 N–H and O–H groups in total. The molecule has 0 aliphatic rings. The first-order valence-corrected chi connectivity index (χ1v) is 9.90. The van der Waals surface area contributed by atoms with E-state index >= 15 is 0 Å². The average molecular weight is 329 g/mol. The van der Waals surface area contributed by atoms with Crippen LogP contribution in [0.5, 0.6) is 0 Å². The zero-order chi connectivity index (χ0) is 17.0. The summed E-state index contributed by atoms with van der Waals surface area (Å²) in [5, 5.41) is 15.0. The van der Waals surface area contributed by atoms with E-state index < -0.39 is 5.97 Å². The molecule has 0 atom stereocenters. The minimum absolute atomic E-state index is 0.207. The van der Waals surface area contributed by atoms with Gasteiger partial charge >= 0.3 is 5.97 Å². The fourth-order valence-corrected chi connectivity index (χ4v) is 2.71. The maximum absolute atomic E-state index is 10.3. The van der Waals surface area contributed by atoms with Gasteiger partial charge in [-0.25, -0.2) is 0 Å². The monoisotopic (exact) mass is 328 g/mol. The number of hydrogen-bond donors (Lipinski definition) is 3. The van der Waals surface area contributed by atoms with Crippen LogP contribution < -0.4 is 10.6 Å². The Morgan fingerprint density at radius 1 is 0.652 bits per heavy atom. The molecule has 0 aromatic heterocycles. The Balaban J connectivity index is 2.96. The van der Waals surface area contributed by atoms with Gasteiger partial charge in [0.1, 0.15) is 0 Å². The third kappa shape index (κ3) is 21.4. The van der Waals surface area contributed by atoms with Crippen molar-refractivity contribution in [1.82, 2.24) is 10.6 Å². The molecule has 0 rings (SSSR count). The van der Waals surface area contributed by atoms with Crippen LogP contribution >= 0.6 is 0 Å². The Morgan fingerprint density at radius 2 is 1.09 bits per heavy atom. The Morgan fingerprint density at radius 3 is 1.57 bits per heavy atom. The number of rotatable bonds is 19. The fourth-order valence-electron chi connectivity index (χ4n) is 2.71. The van der Waals surface area contributed by atoms with E-state index in [1.165, 1.54) is 77.0 Å². The molecule has 0 aromatic rings. The van der Waals surface area contributed by atoms with Gasteiger partial charge in [-0.2, -0.15) is 0 Å². The van der Waals surface area contributed by atoms with E-state index in [2.05, 4.69) is 17.6 Å². The summed E-state index contributed by atoms with van der Waals surface area (Å²) < 4.78 is 0. The molecule has 0 unspecified atom stereocenters. The average Bonchev–Trinajstić information content (AvgIpc) is 2.53. The molecule has 0 aliphatic carbocycles. The Hall–Kier alpha value is -0.610. The van der Waals surface area contributed by atoms with Crippen LogP contribution in [0, 0.1) is 0 Å². The zero-order valence-corrected chi connectivity index (χ0v) is 15.4. The maximum atomic E-state index is 10.3. The van der Waals surface area contributed by atoms with Crippen LogP contribution in [-0.4, -0.2) is 37.3 Å². The van der Waals surface area contributed by atoms with Gasteiger partial charge in [-0.05, 0) is 13.0 Å². The van der Waals surface area contributed by atoms with E-state index in [9.17, 15) is 4.79 Å². The fraction of sp³-hybridized carbons (Fsp3) is 0.947. The van der Waals surface area contributed by atoms with Crippen molar-refractivity contribution in [2.45, 2.75) is 90.4 Å². The second kappa shape index (κ2) is 19.4. The molecule has 0 bridgehead atoms. The minimum Gasteiger partial charge on any atom is -0.481 e. The van der Waals surface area contributed by atoms with Crippen LogP contribution in [0.4, 0.5) is 0 Å². The van der Waals surface area contributed by atoms with E-state index in [1.807, 2.05) is 0 Å². The van der Waals surface area contributed by atoms with Crippen molar-refractivity contribution in [2.24, 2.45) is 0 Å². The second-order valence-electron chi connectivity index (χ2n) is 6.53. The van der Waals surface area contributed by atoms with Crippen LogP contribution in [0.2, 0.25) is 0 Å². The highest BCUT2D eigenvalue weighted by Crippen LogP contribution is 2.11. The molecule has 0 aromatic carbocycles. The van der Waals surface area contributed by atoms with Crippen molar-refractivity contribution >= 4 is 5.97 Å². The normalized spacial score (nSPS) is 11.0. The predicted molar refractivity (Wildman–Crippen MR) is 99.1 cm³/mol. The van der Waals surface area contributed by atoms with Gasteiger partial charge in [0, 0.05) is 19.6 Å². The molecular formula is C19H40N2O2. The molecule has 4 nitrogen and oxygen atoms in total. The van der Waals surface area contributed by atoms with Gasteiger partial charge in [-0.3, -0.25) is 4.79 Å². The lowest BCUT2D eigenvalue weighted by Crippen LogP contribution is -2.29. The number of carboxylic acids is 1. The van der Waals surface area contributed by atoms with Crippen molar-refractivity contribution in [3.8, 4) is 0 Å². The van der Waals surface area contributed by atoms with E-state index in [0.29, 0.717) is 6.54 Å². The summed E-state index contributed by atoms with van der Waals surface area (Å²) >= 11 is 0. The van der Waals surface area contributed by atoms with E-state index in [0.717, 1.165) is 19.6 Å². The van der Waals surface area contributed by atoms with Crippen LogP contribution in [0.25, 0.3) is 0 Å². The molecule has 0 spiro atoms. The van der Waals surface area contributed by atoms with Crippen molar-refractivity contribution in [1.29, 1.82) is 0 Å². The van der Waals surface area contributed by atoms with Crippen LogP contribution in [0.3, 0.4) is 0 Å². The molecule has 0 saturated heterocycles. The smallest absolute Gasteiger partial charge is 0.304 e. The van der Waals surface area contributed by atoms with Gasteiger partial charge in [0.05, 0.1) is 6.42 Å². The predicted octanol–water partition coefficient (Wildman–Crippen LogP) is 4.34. The summed E-state index contributed by atoms with van der Waals surface area (Å²) in [6.07, 6.45) is 16.9.